The van der Waals surface area contributed by atoms with Crippen molar-refractivity contribution in [3.63, 3.8) is 0 Å². The first-order valence-electron chi connectivity index (χ1n) is 2.90. The molecule has 2 N–H and O–H groups in total. The number of halogens is 1. The van der Waals surface area contributed by atoms with E-state index in [1.807, 2.05) is 6.92 Å². The van der Waals surface area contributed by atoms with E-state index in [4.69, 9.17) is 5.14 Å². The smallest absolute Gasteiger partial charge is 0.265 e. The average molecular weight is 235 g/mol. The van der Waals surface area contributed by atoms with Crippen LogP contribution in [0.2, 0.25) is 0 Å². The van der Waals surface area contributed by atoms with Crippen LogP contribution in [0.4, 0.5) is 0 Å². The Bertz CT molecular complexity index is 267. The lowest BCUT2D eigenvalue weighted by molar-refractivity contribution is 0.592. The van der Waals surface area contributed by atoms with Crippen molar-refractivity contribution in [3.05, 3.63) is 22.3 Å². The van der Waals surface area contributed by atoms with Gasteiger partial charge in [-0.3, -0.25) is 0 Å². The first-order valence-corrected chi connectivity index (χ1v) is 4.91. The lowest BCUT2D eigenvalue weighted by Gasteiger charge is -2.02. The number of hydrogen-bond acceptors (Lipinski definition) is 3. The van der Waals surface area contributed by atoms with Gasteiger partial charge in [0.2, 0.25) is 0 Å². The third-order valence-corrected chi connectivity index (χ3v) is 2.68. The number of aryl methyl sites for hydroxylation is 1. The molecule has 1 aromatic heterocycles. The minimum Gasteiger partial charge on any atom is -0.592 e. The second-order valence-corrected chi connectivity index (χ2v) is 3.88. The van der Waals surface area contributed by atoms with Crippen LogP contribution >= 0.6 is 15.9 Å². The monoisotopic (exact) mass is 234 g/mol. The molecule has 1 aromatic rings. The summed E-state index contributed by atoms with van der Waals surface area (Å²) in [5, 5.41) is 5.54. The van der Waals surface area contributed by atoms with Crippen LogP contribution in [0, 0.1) is 6.92 Å². The summed E-state index contributed by atoms with van der Waals surface area (Å²) in [6.45, 7) is 1.82. The van der Waals surface area contributed by atoms with Gasteiger partial charge in [0.25, 0.3) is 5.03 Å². The van der Waals surface area contributed by atoms with Crippen LogP contribution in [-0.4, -0.2) is 9.54 Å². The van der Waals surface area contributed by atoms with E-state index in [1.54, 1.807) is 12.1 Å². The van der Waals surface area contributed by atoms with Crippen molar-refractivity contribution in [2.75, 3.05) is 0 Å². The number of rotatable bonds is 1. The van der Waals surface area contributed by atoms with E-state index in [9.17, 15) is 4.55 Å². The number of pyridine rings is 1. The van der Waals surface area contributed by atoms with E-state index in [0.717, 1.165) is 10.2 Å². The highest BCUT2D eigenvalue weighted by atomic mass is 79.9. The molecule has 1 heterocycles. The van der Waals surface area contributed by atoms with Crippen LogP contribution in [-0.2, 0) is 11.4 Å². The second-order valence-electron chi connectivity index (χ2n) is 2.01. The van der Waals surface area contributed by atoms with Crippen molar-refractivity contribution in [3.8, 4) is 0 Å². The summed E-state index contributed by atoms with van der Waals surface area (Å²) in [7, 11) is 0. The molecule has 0 radical (unpaired) electrons. The molecule has 1 rings (SSSR count). The van der Waals surface area contributed by atoms with E-state index in [-0.39, 0.29) is 0 Å². The van der Waals surface area contributed by atoms with Gasteiger partial charge in [0.1, 0.15) is 0 Å². The predicted molar refractivity (Wildman–Crippen MR) is 47.3 cm³/mol. The van der Waals surface area contributed by atoms with Gasteiger partial charge < -0.3 is 4.55 Å². The molecule has 0 aliphatic rings. The van der Waals surface area contributed by atoms with Gasteiger partial charge in [-0.15, -0.1) is 5.14 Å². The van der Waals surface area contributed by atoms with Crippen molar-refractivity contribution < 1.29 is 4.55 Å². The molecule has 0 amide bonds. The highest BCUT2D eigenvalue weighted by Gasteiger charge is 2.07. The van der Waals surface area contributed by atoms with Crippen molar-refractivity contribution >= 4 is 27.3 Å². The quantitative estimate of drug-likeness (QED) is 0.742. The van der Waals surface area contributed by atoms with Gasteiger partial charge in [0, 0.05) is 10.5 Å². The number of hydrogen-bond donors (Lipinski definition) is 1. The van der Waals surface area contributed by atoms with Gasteiger partial charge in [-0.1, -0.05) is 0 Å². The summed E-state index contributed by atoms with van der Waals surface area (Å²) in [6.07, 6.45) is 0. The van der Waals surface area contributed by atoms with E-state index in [0.29, 0.717) is 5.03 Å². The molecule has 0 bridgehead atoms. The lowest BCUT2D eigenvalue weighted by Crippen LogP contribution is -2.14. The normalized spacial score (nSPS) is 13.1. The van der Waals surface area contributed by atoms with E-state index < -0.39 is 11.4 Å². The first kappa shape index (κ1) is 8.99. The summed E-state index contributed by atoms with van der Waals surface area (Å²) in [5.41, 5.74) is 0.793. The maximum Gasteiger partial charge on any atom is 0.265 e. The van der Waals surface area contributed by atoms with Crippen LogP contribution in [0.25, 0.3) is 0 Å². The minimum atomic E-state index is -1.48. The Morgan fingerprint density at radius 2 is 2.27 bits per heavy atom. The zero-order valence-electron chi connectivity index (χ0n) is 5.87. The first-order chi connectivity index (χ1) is 5.11. The zero-order chi connectivity index (χ0) is 8.43. The van der Waals surface area contributed by atoms with Crippen LogP contribution in [0.3, 0.4) is 0 Å². The molecule has 0 fully saturated rings. The van der Waals surface area contributed by atoms with Gasteiger partial charge >= 0.3 is 0 Å². The van der Waals surface area contributed by atoms with Crippen molar-refractivity contribution in [1.82, 2.24) is 4.98 Å². The molecular formula is C6H7BrN2OS. The Kier molecular flexibility index (Phi) is 2.89. The summed E-state index contributed by atoms with van der Waals surface area (Å²) in [6, 6.07) is 3.41. The van der Waals surface area contributed by atoms with Gasteiger partial charge in [-0.2, -0.15) is 0 Å². The molecule has 5 heteroatoms. The third-order valence-electron chi connectivity index (χ3n) is 1.20. The molecule has 0 aromatic carbocycles. The van der Waals surface area contributed by atoms with Crippen LogP contribution < -0.4 is 5.14 Å². The van der Waals surface area contributed by atoms with Crippen molar-refractivity contribution in [2.45, 2.75) is 11.9 Å². The Labute approximate surface area is 76.5 Å². The van der Waals surface area contributed by atoms with Crippen LogP contribution in [0.15, 0.2) is 21.6 Å². The molecule has 3 nitrogen and oxygen atoms in total. The maximum atomic E-state index is 10.7. The molecule has 0 aliphatic heterocycles. The standard InChI is InChI=1S/C6H7BrN2OS/c1-4-5(7)2-3-6(9-4)11(8)10/h2-3H,8H2,1H3. The molecule has 0 spiro atoms. The van der Waals surface area contributed by atoms with Gasteiger partial charge in [-0.05, 0) is 28.9 Å². The fraction of sp³-hybridized carbons (Fsp3) is 0.167. The zero-order valence-corrected chi connectivity index (χ0v) is 8.28. The predicted octanol–water partition coefficient (Wildman–Crippen LogP) is 1.13. The van der Waals surface area contributed by atoms with Crippen LogP contribution in [0.1, 0.15) is 5.69 Å². The number of nitrogens with two attached hydrogens (primary N) is 1. The number of aromatic nitrogens is 1. The van der Waals surface area contributed by atoms with Crippen molar-refractivity contribution in [1.29, 1.82) is 0 Å². The van der Waals surface area contributed by atoms with E-state index in [1.165, 1.54) is 0 Å². The summed E-state index contributed by atoms with van der Waals surface area (Å²) < 4.78 is 11.6. The molecular weight excluding hydrogens is 228 g/mol. The fourth-order valence-corrected chi connectivity index (χ4v) is 1.28. The van der Waals surface area contributed by atoms with Crippen LogP contribution in [0.5, 0.6) is 0 Å². The van der Waals surface area contributed by atoms with Crippen molar-refractivity contribution in [2.24, 2.45) is 5.14 Å². The Morgan fingerprint density at radius 3 is 2.73 bits per heavy atom. The minimum absolute atomic E-state index is 0.408. The fourth-order valence-electron chi connectivity index (χ4n) is 0.633. The maximum absolute atomic E-state index is 10.7. The second kappa shape index (κ2) is 3.53. The molecule has 0 saturated carbocycles. The molecule has 0 saturated heterocycles. The van der Waals surface area contributed by atoms with Gasteiger partial charge in [0.05, 0.1) is 17.1 Å². The topological polar surface area (TPSA) is 62.0 Å². The summed E-state index contributed by atoms with van der Waals surface area (Å²) in [5.74, 6) is 0. The molecule has 0 aliphatic carbocycles. The van der Waals surface area contributed by atoms with Gasteiger partial charge in [-0.25, -0.2) is 4.98 Å². The lowest BCUT2D eigenvalue weighted by atomic mass is 10.4. The average Bonchev–Trinajstić information content (AvgIpc) is 1.94. The third kappa shape index (κ3) is 2.16. The SMILES string of the molecule is Cc1nc([S+](N)[O-])ccc1Br. The molecule has 1 unspecified atom stereocenters. The highest BCUT2D eigenvalue weighted by molar-refractivity contribution is 9.10. The summed E-state index contributed by atoms with van der Waals surface area (Å²) in [4.78, 5) is 4.00. The highest BCUT2D eigenvalue weighted by Crippen LogP contribution is 2.15. The molecule has 60 valence electrons. The molecule has 1 atom stereocenters. The van der Waals surface area contributed by atoms with E-state index in [2.05, 4.69) is 20.9 Å². The largest absolute Gasteiger partial charge is 0.592 e. The van der Waals surface area contributed by atoms with E-state index >= 15 is 0 Å². The van der Waals surface area contributed by atoms with Gasteiger partial charge in [0.15, 0.2) is 0 Å². The molecule has 11 heavy (non-hydrogen) atoms. The Hall–Kier alpha value is -0.100. The summed E-state index contributed by atoms with van der Waals surface area (Å²) >= 11 is 1.80. The number of nitrogens with zero attached hydrogens (tertiary/aromatic N) is 1. The Balaban J connectivity index is 3.05. The Morgan fingerprint density at radius 1 is 1.64 bits per heavy atom.